The van der Waals surface area contributed by atoms with E-state index in [4.69, 9.17) is 8.85 Å². The minimum Gasteiger partial charge on any atom is -0.394 e. The first-order valence-corrected chi connectivity index (χ1v) is 16.8. The van der Waals surface area contributed by atoms with Gasteiger partial charge in [-0.3, -0.25) is 0 Å². The molecular weight excluding hydrogens is 396 g/mol. The maximum absolute atomic E-state index is 6.29. The van der Waals surface area contributed by atoms with E-state index in [1.54, 1.807) is 0 Å². The van der Waals surface area contributed by atoms with Crippen LogP contribution in [-0.2, 0) is 8.85 Å². The van der Waals surface area contributed by atoms with Crippen molar-refractivity contribution in [2.75, 3.05) is 13.2 Å². The molecule has 0 spiro atoms. The van der Waals surface area contributed by atoms with Crippen LogP contribution in [-0.4, -0.2) is 21.8 Å². The average molecular weight is 457 g/mol. The molecule has 0 aliphatic carbocycles. The Balaban J connectivity index is 3.65. The summed E-state index contributed by atoms with van der Waals surface area (Å²) in [5.74, 6) is 0. The minimum atomic E-state index is -1.95. The maximum atomic E-state index is 6.29. The normalized spacial score (nSPS) is 12.0. The van der Waals surface area contributed by atoms with E-state index in [9.17, 15) is 0 Å². The molecule has 188 valence electrons. The van der Waals surface area contributed by atoms with Crippen LogP contribution in [0.15, 0.2) is 0 Å². The van der Waals surface area contributed by atoms with Crippen molar-refractivity contribution in [1.82, 2.24) is 0 Å². The summed E-state index contributed by atoms with van der Waals surface area (Å²) in [4.78, 5) is 0. The van der Waals surface area contributed by atoms with Crippen molar-refractivity contribution in [3.05, 3.63) is 0 Å². The van der Waals surface area contributed by atoms with Gasteiger partial charge in [-0.15, -0.1) is 0 Å². The lowest BCUT2D eigenvalue weighted by Crippen LogP contribution is -2.42. The molecule has 0 radical (unpaired) electrons. The molecule has 0 unspecified atom stereocenters. The third kappa shape index (κ3) is 20.5. The molecule has 0 aromatic heterocycles. The summed E-state index contributed by atoms with van der Waals surface area (Å²) in [7, 11) is -1.95. The van der Waals surface area contributed by atoms with E-state index in [2.05, 4.69) is 27.7 Å². The van der Waals surface area contributed by atoms with E-state index in [-0.39, 0.29) is 0 Å². The molecule has 0 aliphatic rings. The molecular formula is C28H60O2Si. The highest BCUT2D eigenvalue weighted by Gasteiger charge is 2.35. The fraction of sp³-hybridized carbons (Fsp3) is 1.00. The van der Waals surface area contributed by atoms with Crippen molar-refractivity contribution in [3.8, 4) is 0 Å². The van der Waals surface area contributed by atoms with Gasteiger partial charge in [-0.1, -0.05) is 142 Å². The molecule has 0 rings (SSSR count). The third-order valence-electron chi connectivity index (χ3n) is 6.64. The molecule has 0 heterocycles. The summed E-state index contributed by atoms with van der Waals surface area (Å²) in [6.07, 6.45) is 28.2. The average Bonchev–Trinajstić information content (AvgIpc) is 2.77. The van der Waals surface area contributed by atoms with Crippen LogP contribution in [0, 0.1) is 0 Å². The molecule has 0 bridgehead atoms. The first kappa shape index (κ1) is 31.1. The minimum absolute atomic E-state index is 0.818. The van der Waals surface area contributed by atoms with Gasteiger partial charge in [0.1, 0.15) is 0 Å². The number of hydrogen-bond donors (Lipinski definition) is 0. The molecule has 2 nitrogen and oxygen atoms in total. The smallest absolute Gasteiger partial charge is 0.338 e. The molecule has 0 amide bonds. The fourth-order valence-electron chi connectivity index (χ4n) is 4.74. The van der Waals surface area contributed by atoms with Gasteiger partial charge >= 0.3 is 8.56 Å². The van der Waals surface area contributed by atoms with Gasteiger partial charge in [0.05, 0.1) is 0 Å². The SMILES string of the molecule is CCCCCCCCCCCCCCCCCC[Si](CCCCCC)(OCC)OCC. The standard InChI is InChI=1S/C28H60O2Si/c1-5-9-11-13-14-15-16-17-18-19-20-21-22-23-24-26-28-31(29-7-3,30-8-4)27-25-12-10-6-2/h5-28H2,1-4H3. The number of unbranched alkanes of at least 4 members (excludes halogenated alkanes) is 18. The molecule has 0 aliphatic heterocycles. The zero-order chi connectivity index (χ0) is 22.9. The summed E-state index contributed by atoms with van der Waals surface area (Å²) in [6.45, 7) is 10.5. The van der Waals surface area contributed by atoms with Gasteiger partial charge in [-0.25, -0.2) is 0 Å². The highest BCUT2D eigenvalue weighted by molar-refractivity contribution is 6.67. The Morgan fingerprint density at radius 3 is 0.903 bits per heavy atom. The summed E-state index contributed by atoms with van der Waals surface area (Å²) >= 11 is 0. The van der Waals surface area contributed by atoms with E-state index >= 15 is 0 Å². The van der Waals surface area contributed by atoms with Crippen LogP contribution in [0.2, 0.25) is 12.1 Å². The van der Waals surface area contributed by atoms with Crippen molar-refractivity contribution in [1.29, 1.82) is 0 Å². The third-order valence-corrected chi connectivity index (χ3v) is 10.5. The van der Waals surface area contributed by atoms with Crippen molar-refractivity contribution in [3.63, 3.8) is 0 Å². The molecule has 0 fully saturated rings. The zero-order valence-corrected chi connectivity index (χ0v) is 23.3. The van der Waals surface area contributed by atoms with Crippen LogP contribution in [0.5, 0.6) is 0 Å². The summed E-state index contributed by atoms with van der Waals surface area (Å²) < 4.78 is 12.6. The molecule has 31 heavy (non-hydrogen) atoms. The quantitative estimate of drug-likeness (QED) is 0.0951. The molecule has 0 saturated heterocycles. The second-order valence-electron chi connectivity index (χ2n) is 9.64. The molecule has 0 aromatic carbocycles. The Bertz CT molecular complexity index is 329. The van der Waals surface area contributed by atoms with Gasteiger partial charge in [-0.2, -0.15) is 0 Å². The highest BCUT2D eigenvalue weighted by Crippen LogP contribution is 2.26. The Morgan fingerprint density at radius 2 is 0.613 bits per heavy atom. The first-order valence-electron chi connectivity index (χ1n) is 14.5. The van der Waals surface area contributed by atoms with Crippen LogP contribution in [0.3, 0.4) is 0 Å². The van der Waals surface area contributed by atoms with Crippen LogP contribution >= 0.6 is 0 Å². The summed E-state index contributed by atoms with van der Waals surface area (Å²) in [5.41, 5.74) is 0. The molecule has 0 N–H and O–H groups in total. The summed E-state index contributed by atoms with van der Waals surface area (Å²) in [6, 6.07) is 2.41. The van der Waals surface area contributed by atoms with E-state index < -0.39 is 8.56 Å². The fourth-order valence-corrected chi connectivity index (χ4v) is 8.29. The molecule has 3 heteroatoms. The Kier molecular flexibility index (Phi) is 24.9. The highest BCUT2D eigenvalue weighted by atomic mass is 28.4. The van der Waals surface area contributed by atoms with Crippen molar-refractivity contribution in [2.24, 2.45) is 0 Å². The lowest BCUT2D eigenvalue weighted by Gasteiger charge is -2.30. The van der Waals surface area contributed by atoms with Crippen LogP contribution in [0.25, 0.3) is 0 Å². The van der Waals surface area contributed by atoms with Gasteiger partial charge in [0.2, 0.25) is 0 Å². The van der Waals surface area contributed by atoms with Crippen molar-refractivity contribution < 1.29 is 8.85 Å². The first-order chi connectivity index (χ1) is 15.2. The Hall–Kier alpha value is 0.137. The van der Waals surface area contributed by atoms with E-state index in [0.29, 0.717) is 0 Å². The molecule has 0 atom stereocenters. The maximum Gasteiger partial charge on any atom is 0.338 e. The van der Waals surface area contributed by atoms with Gasteiger partial charge < -0.3 is 8.85 Å². The Labute approximate surface area is 198 Å². The predicted octanol–water partition coefficient (Wildman–Crippen LogP) is 10.3. The van der Waals surface area contributed by atoms with Crippen LogP contribution in [0.4, 0.5) is 0 Å². The molecule has 0 saturated carbocycles. The van der Waals surface area contributed by atoms with Gasteiger partial charge in [0.25, 0.3) is 0 Å². The van der Waals surface area contributed by atoms with E-state index in [0.717, 1.165) is 13.2 Å². The van der Waals surface area contributed by atoms with Gasteiger partial charge in [0.15, 0.2) is 0 Å². The monoisotopic (exact) mass is 456 g/mol. The number of rotatable bonds is 26. The van der Waals surface area contributed by atoms with E-state index in [1.165, 1.54) is 141 Å². The second-order valence-corrected chi connectivity index (χ2v) is 13.0. The lowest BCUT2D eigenvalue weighted by molar-refractivity contribution is 0.180. The topological polar surface area (TPSA) is 18.5 Å². The van der Waals surface area contributed by atoms with Gasteiger partial charge in [0, 0.05) is 13.2 Å². The van der Waals surface area contributed by atoms with Crippen molar-refractivity contribution >= 4 is 8.56 Å². The summed E-state index contributed by atoms with van der Waals surface area (Å²) in [5, 5.41) is 0. The van der Waals surface area contributed by atoms with Crippen LogP contribution in [0.1, 0.15) is 156 Å². The van der Waals surface area contributed by atoms with Crippen molar-refractivity contribution in [2.45, 2.75) is 168 Å². The molecule has 0 aromatic rings. The second kappa shape index (κ2) is 24.8. The predicted molar refractivity (Wildman–Crippen MR) is 142 cm³/mol. The Morgan fingerprint density at radius 1 is 0.355 bits per heavy atom. The van der Waals surface area contributed by atoms with Crippen LogP contribution < -0.4 is 0 Å². The lowest BCUT2D eigenvalue weighted by atomic mass is 10.0. The number of hydrogen-bond acceptors (Lipinski definition) is 2. The van der Waals surface area contributed by atoms with Gasteiger partial charge in [-0.05, 0) is 25.9 Å². The zero-order valence-electron chi connectivity index (χ0n) is 22.3. The largest absolute Gasteiger partial charge is 0.394 e. The van der Waals surface area contributed by atoms with E-state index in [1.807, 2.05) is 0 Å².